The van der Waals surface area contributed by atoms with Crippen LogP contribution in [0.4, 0.5) is 0 Å². The summed E-state index contributed by atoms with van der Waals surface area (Å²) < 4.78 is 31.4. The normalized spacial score (nSPS) is 12.7. The van der Waals surface area contributed by atoms with Gasteiger partial charge in [-0.25, -0.2) is 8.42 Å². The fourth-order valence-corrected chi connectivity index (χ4v) is 4.11. The Kier molecular flexibility index (Phi) is 26.2. The molecule has 0 rings (SSSR count). The van der Waals surface area contributed by atoms with Crippen LogP contribution in [0.3, 0.4) is 0 Å². The van der Waals surface area contributed by atoms with Crippen LogP contribution in [0.1, 0.15) is 129 Å². The molecule has 0 saturated heterocycles. The topological polar surface area (TPSA) is 77.4 Å². The quantitative estimate of drug-likeness (QED) is 0.167. The van der Waals surface area contributed by atoms with Gasteiger partial charge < -0.3 is 9.66 Å². The fraction of sp³-hybridized carbons (Fsp3) is 1.00. The van der Waals surface area contributed by atoms with Crippen molar-refractivity contribution in [1.29, 1.82) is 0 Å². The second-order valence-corrected chi connectivity index (χ2v) is 9.67. The van der Waals surface area contributed by atoms with Gasteiger partial charge in [0.05, 0.1) is 16.2 Å². The molecule has 1 unspecified atom stereocenters. The molecule has 0 amide bonds. The molecule has 28 heavy (non-hydrogen) atoms. The third-order valence-electron chi connectivity index (χ3n) is 5.32. The minimum atomic E-state index is -4.01. The summed E-state index contributed by atoms with van der Waals surface area (Å²) >= 11 is 0. The van der Waals surface area contributed by atoms with Gasteiger partial charge in [-0.3, -0.25) is 0 Å². The van der Waals surface area contributed by atoms with Crippen LogP contribution in [0.2, 0.25) is 0 Å². The van der Waals surface area contributed by atoms with Gasteiger partial charge in [-0.2, -0.15) is 0 Å². The molecule has 0 spiro atoms. The van der Waals surface area contributed by atoms with Crippen molar-refractivity contribution in [2.45, 2.75) is 135 Å². The van der Waals surface area contributed by atoms with E-state index in [2.05, 4.69) is 6.92 Å². The maximum absolute atomic E-state index is 10.5. The summed E-state index contributed by atoms with van der Waals surface area (Å²) in [5.74, 6) is -0.202. The largest absolute Gasteiger partial charge is 1.00 e. The number of rotatable bonds is 21. The Bertz CT molecular complexity index is 401. The predicted octanol–water partition coefficient (Wildman–Crippen LogP) is 3.33. The molecule has 1 N–H and O–H groups in total. The first kappa shape index (κ1) is 31.7. The number of hydrogen-bond donors (Lipinski definition) is 1. The van der Waals surface area contributed by atoms with Crippen molar-refractivity contribution in [3.63, 3.8) is 0 Å². The zero-order chi connectivity index (χ0) is 20.2. The molecule has 0 bridgehead atoms. The van der Waals surface area contributed by atoms with Crippen LogP contribution in [0.5, 0.6) is 0 Å². The first-order chi connectivity index (χ1) is 13.0. The van der Waals surface area contributed by atoms with Crippen molar-refractivity contribution < 1.29 is 69.5 Å². The van der Waals surface area contributed by atoms with Gasteiger partial charge in [0.15, 0.2) is 0 Å². The smallest absolute Gasteiger partial charge is 0.748 e. The summed E-state index contributed by atoms with van der Waals surface area (Å²) in [6.07, 6.45) is 22.0. The Balaban J connectivity index is 0. The maximum Gasteiger partial charge on any atom is 1.00 e. The van der Waals surface area contributed by atoms with Crippen LogP contribution in [-0.4, -0.2) is 29.9 Å². The first-order valence-corrected chi connectivity index (χ1v) is 13.1. The van der Waals surface area contributed by atoms with E-state index in [1.807, 2.05) is 0 Å². The number of aliphatic hydroxyl groups excluding tert-OH is 1. The molecule has 0 aromatic rings. The molecule has 0 aliphatic heterocycles. The molecule has 4 nitrogen and oxygen atoms in total. The van der Waals surface area contributed by atoms with Crippen LogP contribution in [0, 0.1) is 0 Å². The number of aliphatic hydroxyl groups is 1. The zero-order valence-electron chi connectivity index (χ0n) is 18.8. The third kappa shape index (κ3) is 27.5. The SMILES string of the molecule is CCCCCC(O)CCCCCCCCCCCCCCCCS(=O)(=O)[O-].[K+]. The van der Waals surface area contributed by atoms with Gasteiger partial charge in [-0.05, 0) is 19.3 Å². The van der Waals surface area contributed by atoms with Gasteiger partial charge >= 0.3 is 51.4 Å². The van der Waals surface area contributed by atoms with E-state index < -0.39 is 10.1 Å². The van der Waals surface area contributed by atoms with Crippen molar-refractivity contribution in [3.8, 4) is 0 Å². The minimum absolute atomic E-state index is 0. The van der Waals surface area contributed by atoms with Crippen LogP contribution in [0.15, 0.2) is 0 Å². The summed E-state index contributed by atoms with van der Waals surface area (Å²) in [6.45, 7) is 2.20. The Morgan fingerprint density at radius 2 is 0.964 bits per heavy atom. The monoisotopic (exact) mass is 444 g/mol. The fourth-order valence-electron chi connectivity index (χ4n) is 3.55. The van der Waals surface area contributed by atoms with Gasteiger partial charge in [0.2, 0.25) is 0 Å². The summed E-state index contributed by atoms with van der Waals surface area (Å²) in [5, 5.41) is 9.88. The molecule has 0 radical (unpaired) electrons. The van der Waals surface area contributed by atoms with Gasteiger partial charge in [0, 0.05) is 5.75 Å². The van der Waals surface area contributed by atoms with Crippen LogP contribution in [0.25, 0.3) is 0 Å². The molecular weight excluding hydrogens is 399 g/mol. The van der Waals surface area contributed by atoms with Crippen molar-refractivity contribution in [3.05, 3.63) is 0 Å². The number of hydrogen-bond acceptors (Lipinski definition) is 4. The standard InChI is InChI=1S/C22H46O4S.K/c1-2-3-16-19-22(23)20-17-14-12-10-8-6-4-5-7-9-11-13-15-18-21-27(24,25)26;/h22-23H,2-21H2,1H3,(H,24,25,26);/q;+1/p-1. The molecule has 0 aliphatic rings. The predicted molar refractivity (Wildman–Crippen MR) is 114 cm³/mol. The molecule has 1 atom stereocenters. The molecule has 0 aromatic heterocycles. The van der Waals surface area contributed by atoms with Crippen molar-refractivity contribution in [2.24, 2.45) is 0 Å². The maximum atomic E-state index is 10.5. The first-order valence-electron chi connectivity index (χ1n) is 11.6. The average molecular weight is 445 g/mol. The van der Waals surface area contributed by atoms with E-state index >= 15 is 0 Å². The van der Waals surface area contributed by atoms with E-state index in [0.717, 1.165) is 32.1 Å². The molecule has 164 valence electrons. The van der Waals surface area contributed by atoms with Gasteiger partial charge in [0.25, 0.3) is 0 Å². The van der Waals surface area contributed by atoms with Gasteiger partial charge in [0.1, 0.15) is 0 Å². The van der Waals surface area contributed by atoms with Crippen LogP contribution < -0.4 is 51.4 Å². The van der Waals surface area contributed by atoms with Crippen molar-refractivity contribution >= 4 is 10.1 Å². The molecule has 6 heteroatoms. The van der Waals surface area contributed by atoms with E-state index in [1.165, 1.54) is 83.5 Å². The van der Waals surface area contributed by atoms with Crippen molar-refractivity contribution in [1.82, 2.24) is 0 Å². The summed E-state index contributed by atoms with van der Waals surface area (Å²) in [7, 11) is -4.01. The summed E-state index contributed by atoms with van der Waals surface area (Å²) in [5.41, 5.74) is 0. The molecule has 0 aromatic carbocycles. The molecule has 0 aliphatic carbocycles. The second kappa shape index (κ2) is 23.2. The average Bonchev–Trinajstić information content (AvgIpc) is 2.60. The van der Waals surface area contributed by atoms with E-state index in [4.69, 9.17) is 0 Å². The minimum Gasteiger partial charge on any atom is -0.748 e. The molecule has 0 saturated carbocycles. The Morgan fingerprint density at radius 1 is 0.643 bits per heavy atom. The van der Waals surface area contributed by atoms with E-state index in [-0.39, 0.29) is 63.2 Å². The Labute approximate surface area is 218 Å². The number of unbranched alkanes of at least 4 members (excludes halogenated alkanes) is 15. The zero-order valence-corrected chi connectivity index (χ0v) is 22.7. The summed E-state index contributed by atoms with van der Waals surface area (Å²) in [6, 6.07) is 0. The van der Waals surface area contributed by atoms with E-state index in [0.29, 0.717) is 6.42 Å². The molecule has 0 fully saturated rings. The van der Waals surface area contributed by atoms with Gasteiger partial charge in [-0.1, -0.05) is 110 Å². The van der Waals surface area contributed by atoms with Gasteiger partial charge in [-0.15, -0.1) is 0 Å². The Morgan fingerprint density at radius 3 is 1.32 bits per heavy atom. The second-order valence-electron chi connectivity index (χ2n) is 8.15. The van der Waals surface area contributed by atoms with E-state index in [9.17, 15) is 18.1 Å². The van der Waals surface area contributed by atoms with E-state index in [1.54, 1.807) is 0 Å². The summed E-state index contributed by atoms with van der Waals surface area (Å²) in [4.78, 5) is 0. The van der Waals surface area contributed by atoms with Crippen LogP contribution in [-0.2, 0) is 10.1 Å². The molecule has 0 heterocycles. The van der Waals surface area contributed by atoms with Crippen LogP contribution >= 0.6 is 0 Å². The Hall–Kier alpha value is 1.51. The van der Waals surface area contributed by atoms with Crippen molar-refractivity contribution in [2.75, 3.05) is 5.75 Å². The third-order valence-corrected chi connectivity index (χ3v) is 6.11. The molecular formula is C22H45KO4S.